The third-order valence-corrected chi connectivity index (χ3v) is 4.85. The van der Waals surface area contributed by atoms with Gasteiger partial charge in [0.1, 0.15) is 8.60 Å². The summed E-state index contributed by atoms with van der Waals surface area (Å²) in [5.41, 5.74) is -0.593. The van der Waals surface area contributed by atoms with Gasteiger partial charge in [-0.15, -0.1) is 0 Å². The van der Waals surface area contributed by atoms with Crippen LogP contribution in [-0.2, 0) is 9.05 Å². The van der Waals surface area contributed by atoms with Crippen molar-refractivity contribution in [1.82, 2.24) is 4.98 Å². The Morgan fingerprint density at radius 1 is 1.40 bits per heavy atom. The van der Waals surface area contributed by atoms with Crippen LogP contribution in [0.5, 0.6) is 0 Å². The predicted molar refractivity (Wildman–Crippen MR) is 67.7 cm³/mol. The lowest BCUT2D eigenvalue weighted by molar-refractivity contribution is 0.146. The Morgan fingerprint density at radius 3 is 2.27 bits per heavy atom. The number of nitrogens with zero attached hydrogens (tertiary/aromatic N) is 1. The number of halogens is 5. The first-order valence-corrected chi connectivity index (χ1v) is 7.78. The minimum atomic E-state index is -4.21. The monoisotopic (exact) mass is 479 g/mol. The standard InChI is InChI=1S/C6H2ClF2I2NO2S/c7-15(13,14)4-3(5(8)9)2(10)1-12-6(4)11/h1,5H. The SMILES string of the molecule is O=S(=O)(Cl)c1c(I)ncc(I)c1C(F)F. The molecule has 0 aromatic carbocycles. The van der Waals surface area contributed by atoms with Gasteiger partial charge in [0.25, 0.3) is 15.5 Å². The Morgan fingerprint density at radius 2 is 1.93 bits per heavy atom. The highest BCUT2D eigenvalue weighted by Crippen LogP contribution is 2.34. The average molecular weight is 479 g/mol. The van der Waals surface area contributed by atoms with Crippen LogP contribution in [-0.4, -0.2) is 13.4 Å². The molecule has 9 heteroatoms. The fourth-order valence-electron chi connectivity index (χ4n) is 0.896. The Hall–Kier alpha value is 0.710. The van der Waals surface area contributed by atoms with E-state index in [1.54, 1.807) is 45.2 Å². The van der Waals surface area contributed by atoms with Crippen molar-refractivity contribution < 1.29 is 17.2 Å². The van der Waals surface area contributed by atoms with Crippen molar-refractivity contribution in [3.05, 3.63) is 19.0 Å². The van der Waals surface area contributed by atoms with E-state index >= 15 is 0 Å². The molecule has 0 amide bonds. The largest absolute Gasteiger partial charge is 0.266 e. The van der Waals surface area contributed by atoms with Crippen LogP contribution in [0.2, 0.25) is 0 Å². The van der Waals surface area contributed by atoms with Gasteiger partial charge in [-0.2, -0.15) is 0 Å². The van der Waals surface area contributed by atoms with Gasteiger partial charge in [0.05, 0.1) is 5.56 Å². The van der Waals surface area contributed by atoms with Gasteiger partial charge >= 0.3 is 0 Å². The highest BCUT2D eigenvalue weighted by atomic mass is 127. The molecule has 0 spiro atoms. The molecule has 3 nitrogen and oxygen atoms in total. The number of pyridine rings is 1. The second-order valence-electron chi connectivity index (χ2n) is 2.38. The molecule has 0 N–H and O–H groups in total. The van der Waals surface area contributed by atoms with Crippen LogP contribution in [0.3, 0.4) is 0 Å². The van der Waals surface area contributed by atoms with Crippen molar-refractivity contribution >= 4 is 64.9 Å². The first-order chi connectivity index (χ1) is 6.75. The molecule has 0 aliphatic carbocycles. The van der Waals surface area contributed by atoms with Crippen LogP contribution in [0, 0.1) is 7.27 Å². The molecule has 1 aromatic heterocycles. The number of alkyl halides is 2. The van der Waals surface area contributed by atoms with Gasteiger partial charge in [-0.3, -0.25) is 0 Å². The van der Waals surface area contributed by atoms with E-state index in [-0.39, 0.29) is 7.27 Å². The summed E-state index contributed by atoms with van der Waals surface area (Å²) in [7, 11) is 0.862. The van der Waals surface area contributed by atoms with Gasteiger partial charge in [0.2, 0.25) is 0 Å². The van der Waals surface area contributed by atoms with E-state index in [4.69, 9.17) is 10.7 Å². The molecule has 84 valence electrons. The molecule has 1 aromatic rings. The van der Waals surface area contributed by atoms with Crippen molar-refractivity contribution in [2.24, 2.45) is 0 Å². The Labute approximate surface area is 116 Å². The molecule has 0 aliphatic rings. The molecule has 15 heavy (non-hydrogen) atoms. The van der Waals surface area contributed by atoms with Gasteiger partial charge in [0, 0.05) is 20.4 Å². The minimum absolute atomic E-state index is 0.0571. The number of hydrogen-bond donors (Lipinski definition) is 0. The van der Waals surface area contributed by atoms with Gasteiger partial charge in [0.15, 0.2) is 0 Å². The zero-order valence-electron chi connectivity index (χ0n) is 6.72. The maximum absolute atomic E-state index is 12.6. The summed E-state index contributed by atoms with van der Waals surface area (Å²) < 4.78 is 47.5. The lowest BCUT2D eigenvalue weighted by atomic mass is 10.3. The maximum Gasteiger partial charge on any atom is 0.266 e. The van der Waals surface area contributed by atoms with Crippen molar-refractivity contribution in [1.29, 1.82) is 0 Å². The highest BCUT2D eigenvalue weighted by Gasteiger charge is 2.28. The second-order valence-corrected chi connectivity index (χ2v) is 7.07. The fraction of sp³-hybridized carbons (Fsp3) is 0.167. The number of aromatic nitrogens is 1. The molecule has 0 saturated carbocycles. The summed E-state index contributed by atoms with van der Waals surface area (Å²) >= 11 is 3.14. The lowest BCUT2D eigenvalue weighted by Gasteiger charge is -2.09. The van der Waals surface area contributed by atoms with Gasteiger partial charge in [-0.05, 0) is 45.2 Å². The second kappa shape index (κ2) is 4.92. The lowest BCUT2D eigenvalue weighted by Crippen LogP contribution is -2.06. The molecule has 0 bridgehead atoms. The van der Waals surface area contributed by atoms with Crippen LogP contribution >= 0.6 is 55.9 Å². The zero-order chi connectivity index (χ0) is 11.8. The molecule has 0 saturated heterocycles. The van der Waals surface area contributed by atoms with Gasteiger partial charge in [-0.25, -0.2) is 22.2 Å². The number of hydrogen-bond acceptors (Lipinski definition) is 3. The van der Waals surface area contributed by atoms with Crippen molar-refractivity contribution in [3.63, 3.8) is 0 Å². The number of rotatable bonds is 2. The average Bonchev–Trinajstić information content (AvgIpc) is 2.05. The molecule has 0 radical (unpaired) electrons. The topological polar surface area (TPSA) is 47.0 Å². The fourth-order valence-corrected chi connectivity index (χ4v) is 4.60. The normalized spacial score (nSPS) is 12.1. The quantitative estimate of drug-likeness (QED) is 0.372. The molecule has 0 fully saturated rings. The van der Waals surface area contributed by atoms with Crippen LogP contribution in [0.4, 0.5) is 8.78 Å². The van der Waals surface area contributed by atoms with Crippen molar-refractivity contribution in [3.8, 4) is 0 Å². The predicted octanol–water partition coefficient (Wildman–Crippen LogP) is 3.16. The molecule has 0 aliphatic heterocycles. The summed E-state index contributed by atoms with van der Waals surface area (Å²) in [5, 5.41) is 0. The van der Waals surface area contributed by atoms with Crippen LogP contribution in [0.15, 0.2) is 11.1 Å². The molecular weight excluding hydrogens is 477 g/mol. The highest BCUT2D eigenvalue weighted by molar-refractivity contribution is 14.1. The Bertz CT molecular complexity index is 494. The molecule has 1 heterocycles. The van der Waals surface area contributed by atoms with E-state index in [1.807, 2.05) is 0 Å². The van der Waals surface area contributed by atoms with E-state index in [0.717, 1.165) is 0 Å². The first kappa shape index (κ1) is 13.8. The summed E-state index contributed by atoms with van der Waals surface area (Å²) in [5.74, 6) is 0. The first-order valence-electron chi connectivity index (χ1n) is 3.32. The minimum Gasteiger partial charge on any atom is -0.248 e. The summed E-state index contributed by atoms with van der Waals surface area (Å²) in [6, 6.07) is 0. The molecule has 1 rings (SSSR count). The Balaban J connectivity index is 3.68. The van der Waals surface area contributed by atoms with Gasteiger partial charge < -0.3 is 0 Å². The van der Waals surface area contributed by atoms with Crippen LogP contribution < -0.4 is 0 Å². The van der Waals surface area contributed by atoms with E-state index < -0.39 is 25.9 Å². The van der Waals surface area contributed by atoms with Crippen LogP contribution in [0.25, 0.3) is 0 Å². The van der Waals surface area contributed by atoms with E-state index in [1.165, 1.54) is 6.20 Å². The van der Waals surface area contributed by atoms with E-state index in [0.29, 0.717) is 0 Å². The Kier molecular flexibility index (Phi) is 4.52. The summed E-state index contributed by atoms with van der Waals surface area (Å²) in [6.45, 7) is 0. The van der Waals surface area contributed by atoms with E-state index in [9.17, 15) is 17.2 Å². The smallest absolute Gasteiger partial charge is 0.248 e. The molecule has 0 atom stereocenters. The molecule has 0 unspecified atom stereocenters. The third kappa shape index (κ3) is 3.09. The van der Waals surface area contributed by atoms with Crippen molar-refractivity contribution in [2.75, 3.05) is 0 Å². The van der Waals surface area contributed by atoms with Crippen LogP contribution in [0.1, 0.15) is 12.0 Å². The van der Waals surface area contributed by atoms with Gasteiger partial charge in [-0.1, -0.05) is 0 Å². The van der Waals surface area contributed by atoms with Crippen molar-refractivity contribution in [2.45, 2.75) is 11.3 Å². The summed E-state index contributed by atoms with van der Waals surface area (Å²) in [6.07, 6.45) is -1.73. The summed E-state index contributed by atoms with van der Waals surface area (Å²) in [4.78, 5) is 3.07. The molecular formula is C6H2ClF2I2NO2S. The zero-order valence-corrected chi connectivity index (χ0v) is 12.6. The maximum atomic E-state index is 12.6. The van der Waals surface area contributed by atoms with E-state index in [2.05, 4.69) is 4.98 Å². The third-order valence-electron chi connectivity index (χ3n) is 1.44.